The van der Waals surface area contributed by atoms with Crippen LogP contribution in [-0.4, -0.2) is 15.1 Å². The Labute approximate surface area is 311 Å². The first kappa shape index (κ1) is 36.6. The van der Waals surface area contributed by atoms with Gasteiger partial charge in [-0.2, -0.15) is 0 Å². The summed E-state index contributed by atoms with van der Waals surface area (Å²) < 4.78 is 0. The van der Waals surface area contributed by atoms with Crippen LogP contribution in [0.2, 0.25) is 0 Å². The van der Waals surface area contributed by atoms with Gasteiger partial charge in [-0.05, 0) is 117 Å². The molecule has 4 aromatic carbocycles. The first-order valence-electron chi connectivity index (χ1n) is 18.3. The standard InChI is InChI=1S/C48H53N3O/c1-31-23-36(46(3,4)5)24-32(2)45(31)51(39-18-16-17-33(27-39)40-19-12-13-21-43(40)52)44-29-35(28-42(50-44)41-20-14-15-22-49-41)34-25-37(47(6,7)8)30-38(26-34)48(9,10)11/h12-30,52H,1-11H3. The summed E-state index contributed by atoms with van der Waals surface area (Å²) in [5.74, 6) is 1.04. The molecule has 0 saturated heterocycles. The lowest BCUT2D eigenvalue weighted by Gasteiger charge is -2.31. The molecule has 0 aliphatic rings. The van der Waals surface area contributed by atoms with Gasteiger partial charge in [-0.25, -0.2) is 4.98 Å². The van der Waals surface area contributed by atoms with E-state index in [0.29, 0.717) is 0 Å². The number of benzene rings is 4. The molecule has 0 atom stereocenters. The maximum atomic E-state index is 10.9. The van der Waals surface area contributed by atoms with Crippen molar-refractivity contribution in [2.75, 3.05) is 4.90 Å². The van der Waals surface area contributed by atoms with E-state index in [9.17, 15) is 5.11 Å². The van der Waals surface area contributed by atoms with Gasteiger partial charge in [0.15, 0.2) is 0 Å². The average molecular weight is 688 g/mol. The predicted molar refractivity (Wildman–Crippen MR) is 220 cm³/mol. The molecule has 4 nitrogen and oxygen atoms in total. The highest BCUT2D eigenvalue weighted by molar-refractivity contribution is 5.85. The van der Waals surface area contributed by atoms with Crippen molar-refractivity contribution in [2.45, 2.75) is 92.4 Å². The maximum Gasteiger partial charge on any atom is 0.138 e. The summed E-state index contributed by atoms with van der Waals surface area (Å²) in [6.45, 7) is 24.9. The van der Waals surface area contributed by atoms with Crippen LogP contribution in [0.3, 0.4) is 0 Å². The van der Waals surface area contributed by atoms with Gasteiger partial charge in [-0.3, -0.25) is 9.88 Å². The lowest BCUT2D eigenvalue weighted by molar-refractivity contribution is 0.477. The van der Waals surface area contributed by atoms with E-state index in [0.717, 1.165) is 62.0 Å². The number of aromatic hydroxyl groups is 1. The Bertz CT molecular complexity index is 2180. The molecule has 1 N–H and O–H groups in total. The number of nitrogens with zero attached hydrogens (tertiary/aromatic N) is 3. The lowest BCUT2D eigenvalue weighted by Crippen LogP contribution is -2.18. The minimum Gasteiger partial charge on any atom is -0.507 e. The SMILES string of the molecule is Cc1cc(C(C)(C)C)cc(C)c1N(c1cccc(-c2ccccc2O)c1)c1cc(-c2cc(C(C)(C)C)cc(C(C)(C)C)c2)cc(-c2ccccn2)n1. The van der Waals surface area contributed by atoms with Crippen molar-refractivity contribution in [2.24, 2.45) is 0 Å². The van der Waals surface area contributed by atoms with E-state index in [4.69, 9.17) is 9.97 Å². The molecule has 2 aromatic heterocycles. The molecule has 0 spiro atoms. The second kappa shape index (κ2) is 13.7. The fraction of sp³-hybridized carbons (Fsp3) is 0.292. The number of anilines is 3. The number of aromatic nitrogens is 2. The number of phenolic OH excluding ortho intramolecular Hbond substituents is 1. The molecular formula is C48H53N3O. The van der Waals surface area contributed by atoms with Crippen molar-refractivity contribution >= 4 is 17.2 Å². The Kier molecular flexibility index (Phi) is 9.65. The summed E-state index contributed by atoms with van der Waals surface area (Å²) in [6, 6.07) is 38.0. The molecule has 2 heterocycles. The molecule has 0 fully saturated rings. The lowest BCUT2D eigenvalue weighted by atomic mass is 9.79. The van der Waals surface area contributed by atoms with Crippen LogP contribution in [0.1, 0.15) is 90.1 Å². The van der Waals surface area contributed by atoms with Crippen LogP contribution in [0, 0.1) is 13.8 Å². The molecule has 0 unspecified atom stereocenters. The van der Waals surface area contributed by atoms with E-state index < -0.39 is 0 Å². The minimum absolute atomic E-state index is 0.00319. The molecular weight excluding hydrogens is 635 g/mol. The summed E-state index contributed by atoms with van der Waals surface area (Å²) >= 11 is 0. The maximum absolute atomic E-state index is 10.9. The van der Waals surface area contributed by atoms with Crippen LogP contribution >= 0.6 is 0 Å². The summed E-state index contributed by atoms with van der Waals surface area (Å²) in [6.07, 6.45) is 1.83. The zero-order valence-corrected chi connectivity index (χ0v) is 32.8. The van der Waals surface area contributed by atoms with Gasteiger partial charge in [0, 0.05) is 17.4 Å². The van der Waals surface area contributed by atoms with Crippen LogP contribution < -0.4 is 4.90 Å². The summed E-state index contributed by atoms with van der Waals surface area (Å²) in [5, 5.41) is 10.9. The fourth-order valence-electron chi connectivity index (χ4n) is 6.75. The highest BCUT2D eigenvalue weighted by Gasteiger charge is 2.26. The second-order valence-corrected chi connectivity index (χ2v) is 17.2. The number of aryl methyl sites for hydroxylation is 2. The molecule has 0 aliphatic heterocycles. The highest BCUT2D eigenvalue weighted by atomic mass is 16.3. The van der Waals surface area contributed by atoms with Crippen molar-refractivity contribution < 1.29 is 5.11 Å². The molecule has 0 bridgehead atoms. The van der Waals surface area contributed by atoms with E-state index in [-0.39, 0.29) is 22.0 Å². The van der Waals surface area contributed by atoms with Crippen LogP contribution in [-0.2, 0) is 16.2 Å². The van der Waals surface area contributed by atoms with Crippen LogP contribution in [0.25, 0.3) is 33.6 Å². The van der Waals surface area contributed by atoms with Gasteiger partial charge in [0.1, 0.15) is 11.6 Å². The van der Waals surface area contributed by atoms with Crippen molar-refractivity contribution in [3.05, 3.63) is 143 Å². The first-order chi connectivity index (χ1) is 24.4. The topological polar surface area (TPSA) is 49.2 Å². The number of phenols is 1. The second-order valence-electron chi connectivity index (χ2n) is 17.2. The molecule has 0 radical (unpaired) electrons. The minimum atomic E-state index is -0.0335. The van der Waals surface area contributed by atoms with Crippen LogP contribution in [0.15, 0.2) is 115 Å². The number of hydrogen-bond donors (Lipinski definition) is 1. The van der Waals surface area contributed by atoms with Gasteiger partial charge in [0.2, 0.25) is 0 Å². The van der Waals surface area contributed by atoms with Gasteiger partial charge in [0.25, 0.3) is 0 Å². The fourth-order valence-corrected chi connectivity index (χ4v) is 6.75. The molecule has 0 amide bonds. The molecule has 52 heavy (non-hydrogen) atoms. The molecule has 6 aromatic rings. The molecule has 6 rings (SSSR count). The Morgan fingerprint density at radius 3 is 1.67 bits per heavy atom. The average Bonchev–Trinajstić information content (AvgIpc) is 3.09. The summed E-state index contributed by atoms with van der Waals surface area (Å²) in [5.41, 5.74) is 13.7. The third-order valence-corrected chi connectivity index (χ3v) is 9.87. The monoisotopic (exact) mass is 687 g/mol. The van der Waals surface area contributed by atoms with Gasteiger partial charge in [-0.1, -0.05) is 129 Å². The molecule has 266 valence electrons. The Hall–Kier alpha value is -5.22. The van der Waals surface area contributed by atoms with Crippen LogP contribution in [0.4, 0.5) is 17.2 Å². The third kappa shape index (κ3) is 7.67. The molecule has 4 heteroatoms. The highest BCUT2D eigenvalue weighted by Crippen LogP contribution is 2.44. The Morgan fingerprint density at radius 2 is 1.10 bits per heavy atom. The number of rotatable bonds is 6. The van der Waals surface area contributed by atoms with Gasteiger partial charge >= 0.3 is 0 Å². The summed E-state index contributed by atoms with van der Waals surface area (Å²) in [7, 11) is 0. The smallest absolute Gasteiger partial charge is 0.138 e. The summed E-state index contributed by atoms with van der Waals surface area (Å²) in [4.78, 5) is 12.5. The van der Waals surface area contributed by atoms with Crippen molar-refractivity contribution in [3.8, 4) is 39.4 Å². The van der Waals surface area contributed by atoms with Crippen molar-refractivity contribution in [1.29, 1.82) is 0 Å². The normalized spacial score (nSPS) is 12.2. The van der Waals surface area contributed by atoms with Gasteiger partial charge < -0.3 is 5.11 Å². The number of para-hydroxylation sites is 1. The van der Waals surface area contributed by atoms with Crippen molar-refractivity contribution in [1.82, 2.24) is 9.97 Å². The van der Waals surface area contributed by atoms with Gasteiger partial charge in [0.05, 0.1) is 17.1 Å². The zero-order valence-electron chi connectivity index (χ0n) is 32.8. The van der Waals surface area contributed by atoms with E-state index in [1.165, 1.54) is 16.7 Å². The van der Waals surface area contributed by atoms with E-state index in [1.807, 2.05) is 48.7 Å². The number of pyridine rings is 2. The number of hydrogen-bond acceptors (Lipinski definition) is 4. The van der Waals surface area contributed by atoms with Gasteiger partial charge in [-0.15, -0.1) is 0 Å². The Balaban J connectivity index is 1.68. The zero-order chi connectivity index (χ0) is 37.6. The van der Waals surface area contributed by atoms with Crippen molar-refractivity contribution in [3.63, 3.8) is 0 Å². The first-order valence-corrected chi connectivity index (χ1v) is 18.3. The molecule has 0 saturated carbocycles. The van der Waals surface area contributed by atoms with E-state index in [2.05, 4.69) is 142 Å². The van der Waals surface area contributed by atoms with Crippen LogP contribution in [0.5, 0.6) is 5.75 Å². The predicted octanol–water partition coefficient (Wildman–Crippen LogP) is 13.2. The van der Waals surface area contributed by atoms with E-state index >= 15 is 0 Å². The Morgan fingerprint density at radius 1 is 0.519 bits per heavy atom. The largest absolute Gasteiger partial charge is 0.507 e. The quantitative estimate of drug-likeness (QED) is 0.189. The third-order valence-electron chi connectivity index (χ3n) is 9.87. The van der Waals surface area contributed by atoms with E-state index in [1.54, 1.807) is 6.07 Å². The molecule has 0 aliphatic carbocycles.